The van der Waals surface area contributed by atoms with Crippen molar-refractivity contribution in [1.29, 1.82) is 0 Å². The summed E-state index contributed by atoms with van der Waals surface area (Å²) >= 11 is 1.08. The van der Waals surface area contributed by atoms with Crippen molar-refractivity contribution < 1.29 is 22.7 Å². The number of aryl methyl sites for hydroxylation is 1. The predicted molar refractivity (Wildman–Crippen MR) is 104 cm³/mol. The van der Waals surface area contributed by atoms with Crippen LogP contribution in [-0.2, 0) is 26.1 Å². The van der Waals surface area contributed by atoms with E-state index in [9.17, 15) is 18.0 Å². The Labute approximate surface area is 164 Å². The molecule has 10 heteroatoms. The number of esters is 1. The first-order valence-electron chi connectivity index (χ1n) is 8.08. The van der Waals surface area contributed by atoms with E-state index >= 15 is 0 Å². The Bertz CT molecular complexity index is 1260. The van der Waals surface area contributed by atoms with Crippen LogP contribution in [0.1, 0.15) is 15.9 Å². The van der Waals surface area contributed by atoms with Crippen LogP contribution in [0.15, 0.2) is 52.4 Å². The molecule has 3 rings (SSSR count). The highest BCUT2D eigenvalue weighted by Crippen LogP contribution is 2.21. The molecule has 0 aliphatic heterocycles. The van der Waals surface area contributed by atoms with E-state index in [1.54, 1.807) is 18.2 Å². The van der Waals surface area contributed by atoms with E-state index in [4.69, 9.17) is 9.88 Å². The highest BCUT2D eigenvalue weighted by molar-refractivity contribution is 7.89. The average molecular weight is 419 g/mol. The van der Waals surface area contributed by atoms with Gasteiger partial charge in [-0.25, -0.2) is 13.6 Å². The first kappa shape index (κ1) is 19.9. The number of hydrogen-bond acceptors (Lipinski definition) is 6. The molecule has 28 heavy (non-hydrogen) atoms. The van der Waals surface area contributed by atoms with Crippen LogP contribution < -0.4 is 9.94 Å². The summed E-state index contributed by atoms with van der Waals surface area (Å²) in [5, 5.41) is 5.18. The van der Waals surface area contributed by atoms with E-state index in [0.717, 1.165) is 16.9 Å². The molecule has 1 amide bonds. The second-order valence-corrected chi connectivity index (χ2v) is 8.58. The second-order valence-electron chi connectivity index (χ2n) is 6.01. The van der Waals surface area contributed by atoms with Crippen LogP contribution in [0.3, 0.4) is 0 Å². The van der Waals surface area contributed by atoms with Gasteiger partial charge in [-0.05, 0) is 37.3 Å². The molecule has 0 bridgehead atoms. The molecule has 146 valence electrons. The first-order chi connectivity index (χ1) is 13.2. The molecule has 0 fully saturated rings. The van der Waals surface area contributed by atoms with E-state index in [0.29, 0.717) is 15.8 Å². The maximum atomic E-state index is 12.6. The number of carbonyl (C=O) groups is 2. The predicted octanol–water partition coefficient (Wildman–Crippen LogP) is 1.57. The minimum Gasteiger partial charge on any atom is -0.468 e. The quantitative estimate of drug-likeness (QED) is 0.644. The average Bonchev–Trinajstić information content (AvgIpc) is 2.97. The fourth-order valence-electron chi connectivity index (χ4n) is 2.59. The van der Waals surface area contributed by atoms with E-state index in [1.165, 1.54) is 29.9 Å². The molecule has 0 saturated carbocycles. The Morgan fingerprint density at radius 2 is 1.96 bits per heavy atom. The molecular formula is C18H17N3O5S2. The van der Waals surface area contributed by atoms with Crippen LogP contribution in [0.2, 0.25) is 0 Å². The number of rotatable bonds is 4. The molecule has 8 nitrogen and oxygen atoms in total. The topological polar surface area (TPSA) is 121 Å². The summed E-state index contributed by atoms with van der Waals surface area (Å²) in [7, 11) is -2.63. The SMILES string of the molecule is COC(=O)Cn1c(=NC(=O)c2cccc(C)c2)sc2cc(S(N)(=O)=O)ccc21. The molecule has 2 N–H and O–H groups in total. The smallest absolute Gasteiger partial charge is 0.325 e. The van der Waals surface area contributed by atoms with Gasteiger partial charge in [-0.3, -0.25) is 9.59 Å². The summed E-state index contributed by atoms with van der Waals surface area (Å²) in [6.07, 6.45) is 0. The standard InChI is InChI=1S/C18H17N3O5S2/c1-11-4-3-5-12(8-11)17(23)20-18-21(10-16(22)26-2)14-7-6-13(28(19,24)25)9-15(14)27-18/h3-9H,10H2,1-2H3,(H2,19,24,25). The van der Waals surface area contributed by atoms with Gasteiger partial charge in [0.05, 0.1) is 22.2 Å². The van der Waals surface area contributed by atoms with Crippen molar-refractivity contribution in [3.05, 3.63) is 58.4 Å². The van der Waals surface area contributed by atoms with Gasteiger partial charge in [-0.2, -0.15) is 4.99 Å². The number of aromatic nitrogens is 1. The van der Waals surface area contributed by atoms with Gasteiger partial charge < -0.3 is 9.30 Å². The molecule has 3 aromatic rings. The summed E-state index contributed by atoms with van der Waals surface area (Å²) in [5.74, 6) is -1.000. The van der Waals surface area contributed by atoms with Crippen LogP contribution in [0.5, 0.6) is 0 Å². The van der Waals surface area contributed by atoms with Crippen molar-refractivity contribution in [2.45, 2.75) is 18.4 Å². The molecule has 1 heterocycles. The molecule has 0 unspecified atom stereocenters. The van der Waals surface area contributed by atoms with Crippen molar-refractivity contribution in [3.8, 4) is 0 Å². The van der Waals surface area contributed by atoms with Crippen LogP contribution in [0, 0.1) is 6.92 Å². The lowest BCUT2D eigenvalue weighted by molar-refractivity contribution is -0.141. The highest BCUT2D eigenvalue weighted by Gasteiger charge is 2.15. The summed E-state index contributed by atoms with van der Waals surface area (Å²) in [6, 6.07) is 11.2. The lowest BCUT2D eigenvalue weighted by Crippen LogP contribution is -2.22. The molecule has 2 aromatic carbocycles. The lowest BCUT2D eigenvalue weighted by atomic mass is 10.1. The lowest BCUT2D eigenvalue weighted by Gasteiger charge is -2.04. The number of carbonyl (C=O) groups excluding carboxylic acids is 2. The molecule has 1 aromatic heterocycles. The van der Waals surface area contributed by atoms with E-state index in [-0.39, 0.29) is 16.2 Å². The fourth-order valence-corrected chi connectivity index (χ4v) is 4.27. The number of sulfonamides is 1. The molecule has 0 aliphatic carbocycles. The number of benzene rings is 2. The number of nitrogens with zero attached hydrogens (tertiary/aromatic N) is 2. The number of thiazole rings is 1. The summed E-state index contributed by atoms with van der Waals surface area (Å²) in [6.45, 7) is 1.69. The van der Waals surface area contributed by atoms with E-state index in [2.05, 4.69) is 4.99 Å². The summed E-state index contributed by atoms with van der Waals surface area (Å²) in [5.41, 5.74) is 1.86. The minimum absolute atomic E-state index is 0.0666. The number of hydrogen-bond donors (Lipinski definition) is 1. The van der Waals surface area contributed by atoms with E-state index in [1.807, 2.05) is 13.0 Å². The van der Waals surface area contributed by atoms with E-state index < -0.39 is 21.9 Å². The van der Waals surface area contributed by atoms with Gasteiger partial charge in [-0.15, -0.1) is 0 Å². The van der Waals surface area contributed by atoms with Gasteiger partial charge in [0.2, 0.25) is 10.0 Å². The molecule has 0 spiro atoms. The molecule has 0 saturated heterocycles. The van der Waals surface area contributed by atoms with Crippen molar-refractivity contribution in [3.63, 3.8) is 0 Å². The first-order valence-corrected chi connectivity index (χ1v) is 10.4. The van der Waals surface area contributed by atoms with Crippen molar-refractivity contribution in [1.82, 2.24) is 4.57 Å². The zero-order chi connectivity index (χ0) is 20.5. The number of amides is 1. The minimum atomic E-state index is -3.89. The van der Waals surface area contributed by atoms with Gasteiger partial charge in [0.25, 0.3) is 5.91 Å². The highest BCUT2D eigenvalue weighted by atomic mass is 32.2. The van der Waals surface area contributed by atoms with Gasteiger partial charge in [0, 0.05) is 5.56 Å². The largest absolute Gasteiger partial charge is 0.468 e. The number of ether oxygens (including phenoxy) is 1. The van der Waals surface area contributed by atoms with Crippen molar-refractivity contribution >= 4 is 43.5 Å². The van der Waals surface area contributed by atoms with Gasteiger partial charge >= 0.3 is 5.97 Å². The van der Waals surface area contributed by atoms with Crippen LogP contribution >= 0.6 is 11.3 Å². The third-order valence-corrected chi connectivity index (χ3v) is 5.91. The third kappa shape index (κ3) is 4.19. The zero-order valence-electron chi connectivity index (χ0n) is 15.1. The Balaban J connectivity index is 2.20. The van der Waals surface area contributed by atoms with Gasteiger partial charge in [0.1, 0.15) is 6.54 Å². The number of primary sulfonamides is 1. The molecular weight excluding hydrogens is 402 g/mol. The van der Waals surface area contributed by atoms with Crippen LogP contribution in [0.4, 0.5) is 0 Å². The maximum Gasteiger partial charge on any atom is 0.325 e. The molecule has 0 atom stereocenters. The number of fused-ring (bicyclic) bond motifs is 1. The monoisotopic (exact) mass is 419 g/mol. The van der Waals surface area contributed by atoms with Crippen LogP contribution in [-0.4, -0.2) is 32.0 Å². The number of nitrogens with two attached hydrogens (primary N) is 1. The third-order valence-electron chi connectivity index (χ3n) is 3.96. The summed E-state index contributed by atoms with van der Waals surface area (Å²) < 4.78 is 30.0. The maximum absolute atomic E-state index is 12.6. The zero-order valence-corrected chi connectivity index (χ0v) is 16.7. The Hall–Kier alpha value is -2.82. The second kappa shape index (κ2) is 7.66. The van der Waals surface area contributed by atoms with Crippen LogP contribution in [0.25, 0.3) is 10.2 Å². The molecule has 0 radical (unpaired) electrons. The fraction of sp³-hybridized carbons (Fsp3) is 0.167. The Kier molecular flexibility index (Phi) is 5.45. The Morgan fingerprint density at radius 1 is 1.21 bits per heavy atom. The number of methoxy groups -OCH3 is 1. The van der Waals surface area contributed by atoms with Crippen molar-refractivity contribution in [2.24, 2.45) is 10.1 Å². The summed E-state index contributed by atoms with van der Waals surface area (Å²) in [4.78, 5) is 28.7. The van der Waals surface area contributed by atoms with Gasteiger partial charge in [-0.1, -0.05) is 29.0 Å². The molecule has 0 aliphatic rings. The Morgan fingerprint density at radius 3 is 2.61 bits per heavy atom. The van der Waals surface area contributed by atoms with Gasteiger partial charge in [0.15, 0.2) is 4.80 Å². The van der Waals surface area contributed by atoms with Crippen molar-refractivity contribution in [2.75, 3.05) is 7.11 Å². The normalized spacial score (nSPS) is 12.3.